The minimum absolute atomic E-state index is 0.112. The molecule has 1 aliphatic rings. The molecule has 0 saturated carbocycles. The Morgan fingerprint density at radius 2 is 2.29 bits per heavy atom. The lowest BCUT2D eigenvalue weighted by molar-refractivity contribution is -0.137. The molecule has 1 N–H and O–H groups in total. The average molecular weight is 200 g/mol. The number of rotatable bonds is 5. The van der Waals surface area contributed by atoms with Crippen LogP contribution in [0, 0.1) is 0 Å². The zero-order chi connectivity index (χ0) is 10.6. The zero-order valence-electron chi connectivity index (χ0n) is 8.58. The first-order valence-corrected chi connectivity index (χ1v) is 4.69. The second-order valence-corrected chi connectivity index (χ2v) is 3.35. The molecule has 0 aromatic heterocycles. The summed E-state index contributed by atoms with van der Waals surface area (Å²) in [5, 5.41) is 3.03. The summed E-state index contributed by atoms with van der Waals surface area (Å²) in [6, 6.07) is -0.329. The number of imide groups is 1. The van der Waals surface area contributed by atoms with Gasteiger partial charge in [-0.3, -0.25) is 14.5 Å². The van der Waals surface area contributed by atoms with E-state index >= 15 is 0 Å². The molecule has 1 heterocycles. The van der Waals surface area contributed by atoms with Gasteiger partial charge in [0.1, 0.15) is 0 Å². The van der Waals surface area contributed by atoms with Crippen LogP contribution >= 0.6 is 0 Å². The highest BCUT2D eigenvalue weighted by Crippen LogP contribution is 2.09. The van der Waals surface area contributed by atoms with Crippen LogP contribution in [0.25, 0.3) is 0 Å². The number of nitrogens with zero attached hydrogens (tertiary/aromatic N) is 1. The lowest BCUT2D eigenvalue weighted by Crippen LogP contribution is -2.37. The van der Waals surface area contributed by atoms with E-state index in [-0.39, 0.29) is 24.3 Å². The number of carbonyl (C=O) groups excluding carboxylic acids is 2. The Morgan fingerprint density at radius 1 is 1.57 bits per heavy atom. The maximum absolute atomic E-state index is 11.4. The summed E-state index contributed by atoms with van der Waals surface area (Å²) in [5.74, 6) is -0.244. The second kappa shape index (κ2) is 5.07. The highest BCUT2D eigenvalue weighted by Gasteiger charge is 2.35. The fourth-order valence-corrected chi connectivity index (χ4v) is 1.41. The van der Waals surface area contributed by atoms with E-state index in [0.717, 1.165) is 6.42 Å². The number of likely N-dealkylation sites (N-methyl/N-ethyl adjacent to an activating group) is 1. The summed E-state index contributed by atoms with van der Waals surface area (Å²) in [7, 11) is 3.15. The van der Waals surface area contributed by atoms with Gasteiger partial charge in [0.25, 0.3) is 0 Å². The molecule has 1 aliphatic heterocycles. The summed E-state index contributed by atoms with van der Waals surface area (Å²) in [5.41, 5.74) is 0. The maximum atomic E-state index is 11.4. The molecule has 0 aromatic rings. The molecule has 0 aromatic carbocycles. The van der Waals surface area contributed by atoms with Gasteiger partial charge in [-0.1, -0.05) is 0 Å². The van der Waals surface area contributed by atoms with Crippen molar-refractivity contribution in [2.45, 2.75) is 18.9 Å². The molecular formula is C9H16N2O3. The number of amides is 2. The summed E-state index contributed by atoms with van der Waals surface area (Å²) in [6.45, 7) is 1.36. The van der Waals surface area contributed by atoms with Crippen LogP contribution in [0.5, 0.6) is 0 Å². The van der Waals surface area contributed by atoms with E-state index < -0.39 is 0 Å². The molecule has 1 fully saturated rings. The highest BCUT2D eigenvalue weighted by atomic mass is 16.5. The Labute approximate surface area is 83.4 Å². The Kier molecular flexibility index (Phi) is 4.03. The van der Waals surface area contributed by atoms with Gasteiger partial charge in [-0.15, -0.1) is 0 Å². The largest absolute Gasteiger partial charge is 0.385 e. The highest BCUT2D eigenvalue weighted by molar-refractivity contribution is 6.05. The molecule has 1 unspecified atom stereocenters. The van der Waals surface area contributed by atoms with Crippen LogP contribution in [0.1, 0.15) is 12.8 Å². The normalized spacial score (nSPS) is 22.1. The third kappa shape index (κ3) is 2.52. The summed E-state index contributed by atoms with van der Waals surface area (Å²) in [4.78, 5) is 23.7. The lowest BCUT2D eigenvalue weighted by Gasteiger charge is -2.10. The average Bonchev–Trinajstić information content (AvgIpc) is 2.41. The minimum atomic E-state index is -0.329. The molecular weight excluding hydrogens is 184 g/mol. The Balaban J connectivity index is 2.26. The first kappa shape index (κ1) is 11.1. The fraction of sp³-hybridized carbons (Fsp3) is 0.778. The smallest absolute Gasteiger partial charge is 0.246 e. The van der Waals surface area contributed by atoms with Gasteiger partial charge in [0.05, 0.1) is 12.5 Å². The van der Waals surface area contributed by atoms with Crippen molar-refractivity contribution in [3.8, 4) is 0 Å². The molecule has 0 bridgehead atoms. The molecule has 2 amide bonds. The van der Waals surface area contributed by atoms with Crippen molar-refractivity contribution in [2.24, 2.45) is 0 Å². The summed E-state index contributed by atoms with van der Waals surface area (Å²) >= 11 is 0. The van der Waals surface area contributed by atoms with E-state index in [0.29, 0.717) is 13.2 Å². The number of nitrogens with one attached hydrogen (secondary N) is 1. The van der Waals surface area contributed by atoms with Gasteiger partial charge in [0, 0.05) is 20.8 Å². The van der Waals surface area contributed by atoms with Gasteiger partial charge >= 0.3 is 0 Å². The van der Waals surface area contributed by atoms with Crippen LogP contribution in [0.15, 0.2) is 0 Å². The number of likely N-dealkylation sites (tertiary alicyclic amines) is 1. The topological polar surface area (TPSA) is 58.6 Å². The van der Waals surface area contributed by atoms with E-state index in [1.54, 1.807) is 7.11 Å². The SMILES string of the molecule is COCCCNC1CC(=O)N(C)C1=O. The molecule has 5 heteroatoms. The van der Waals surface area contributed by atoms with Gasteiger partial charge in [0.2, 0.25) is 11.8 Å². The first-order valence-electron chi connectivity index (χ1n) is 4.69. The molecule has 0 radical (unpaired) electrons. The van der Waals surface area contributed by atoms with Crippen molar-refractivity contribution in [3.63, 3.8) is 0 Å². The molecule has 5 nitrogen and oxygen atoms in total. The molecule has 1 atom stereocenters. The van der Waals surface area contributed by atoms with Gasteiger partial charge in [-0.25, -0.2) is 0 Å². The minimum Gasteiger partial charge on any atom is -0.385 e. The number of hydrogen-bond acceptors (Lipinski definition) is 4. The molecule has 80 valence electrons. The Hall–Kier alpha value is -0.940. The third-order valence-electron chi connectivity index (χ3n) is 2.30. The van der Waals surface area contributed by atoms with Crippen molar-refractivity contribution >= 4 is 11.8 Å². The standard InChI is InChI=1S/C9H16N2O3/c1-11-8(12)6-7(9(11)13)10-4-3-5-14-2/h7,10H,3-6H2,1-2H3. The van der Waals surface area contributed by atoms with Crippen LogP contribution in [-0.2, 0) is 14.3 Å². The number of hydrogen-bond donors (Lipinski definition) is 1. The number of methoxy groups -OCH3 is 1. The fourth-order valence-electron chi connectivity index (χ4n) is 1.41. The third-order valence-corrected chi connectivity index (χ3v) is 2.30. The Bertz CT molecular complexity index is 230. The van der Waals surface area contributed by atoms with Crippen molar-refractivity contribution in [3.05, 3.63) is 0 Å². The predicted octanol–water partition coefficient (Wildman–Crippen LogP) is -0.630. The maximum Gasteiger partial charge on any atom is 0.246 e. The Morgan fingerprint density at radius 3 is 2.79 bits per heavy atom. The van der Waals surface area contributed by atoms with E-state index in [1.165, 1.54) is 11.9 Å². The van der Waals surface area contributed by atoms with Crippen LogP contribution in [0.4, 0.5) is 0 Å². The van der Waals surface area contributed by atoms with Gasteiger partial charge in [-0.2, -0.15) is 0 Å². The summed E-state index contributed by atoms with van der Waals surface area (Å²) < 4.78 is 4.87. The molecule has 0 spiro atoms. The summed E-state index contributed by atoms with van der Waals surface area (Å²) in [6.07, 6.45) is 1.13. The van der Waals surface area contributed by atoms with E-state index in [1.807, 2.05) is 0 Å². The van der Waals surface area contributed by atoms with Crippen LogP contribution in [-0.4, -0.2) is 50.1 Å². The quantitative estimate of drug-likeness (QED) is 0.474. The molecule has 1 saturated heterocycles. The second-order valence-electron chi connectivity index (χ2n) is 3.35. The van der Waals surface area contributed by atoms with Gasteiger partial charge in [0.15, 0.2) is 0 Å². The number of ether oxygens (including phenoxy) is 1. The number of carbonyl (C=O) groups is 2. The van der Waals surface area contributed by atoms with Crippen LogP contribution < -0.4 is 5.32 Å². The van der Waals surface area contributed by atoms with Gasteiger partial charge in [-0.05, 0) is 13.0 Å². The van der Waals surface area contributed by atoms with Crippen molar-refractivity contribution in [1.82, 2.24) is 10.2 Å². The zero-order valence-corrected chi connectivity index (χ0v) is 8.58. The monoisotopic (exact) mass is 200 g/mol. The van der Waals surface area contributed by atoms with E-state index in [2.05, 4.69) is 5.32 Å². The van der Waals surface area contributed by atoms with Crippen LogP contribution in [0.3, 0.4) is 0 Å². The van der Waals surface area contributed by atoms with E-state index in [4.69, 9.17) is 4.74 Å². The molecule has 0 aliphatic carbocycles. The van der Waals surface area contributed by atoms with Gasteiger partial charge < -0.3 is 10.1 Å². The van der Waals surface area contributed by atoms with Crippen molar-refractivity contribution in [2.75, 3.05) is 27.3 Å². The predicted molar refractivity (Wildman–Crippen MR) is 50.7 cm³/mol. The van der Waals surface area contributed by atoms with Crippen LogP contribution in [0.2, 0.25) is 0 Å². The first-order chi connectivity index (χ1) is 6.66. The molecule has 1 rings (SSSR count). The lowest BCUT2D eigenvalue weighted by atomic mass is 10.2. The van der Waals surface area contributed by atoms with Crippen molar-refractivity contribution in [1.29, 1.82) is 0 Å². The van der Waals surface area contributed by atoms with Crippen molar-refractivity contribution < 1.29 is 14.3 Å². The molecule has 14 heavy (non-hydrogen) atoms. The van der Waals surface area contributed by atoms with E-state index in [9.17, 15) is 9.59 Å².